The molecule has 6 heteroatoms. The van der Waals surface area contributed by atoms with Gasteiger partial charge in [-0.25, -0.2) is 4.98 Å². The molecular formula is C26H39N3O3. The van der Waals surface area contributed by atoms with Crippen LogP contribution in [0.4, 0.5) is 0 Å². The van der Waals surface area contributed by atoms with Crippen molar-refractivity contribution in [2.45, 2.75) is 91.5 Å². The van der Waals surface area contributed by atoms with Gasteiger partial charge < -0.3 is 19.1 Å². The lowest BCUT2D eigenvalue weighted by molar-refractivity contribution is 0.00184. The van der Waals surface area contributed by atoms with E-state index in [0.29, 0.717) is 12.7 Å². The highest BCUT2D eigenvalue weighted by molar-refractivity contribution is 5.44. The molecular weight excluding hydrogens is 402 g/mol. The Morgan fingerprint density at radius 2 is 1.91 bits per heavy atom. The Bertz CT molecular complexity index is 911. The molecule has 1 aromatic heterocycles. The molecule has 2 aliphatic rings. The number of unbranched alkanes of at least 4 members (excludes halogenated alkanes) is 1. The number of hydrogen-bond donors (Lipinski definition) is 1. The average Bonchev–Trinajstić information content (AvgIpc) is 3.32. The fourth-order valence-electron chi connectivity index (χ4n) is 5.11. The fourth-order valence-corrected chi connectivity index (χ4v) is 5.11. The van der Waals surface area contributed by atoms with E-state index >= 15 is 0 Å². The molecule has 0 spiro atoms. The molecule has 1 fully saturated rings. The molecule has 0 radical (unpaired) electrons. The predicted molar refractivity (Wildman–Crippen MR) is 126 cm³/mol. The van der Waals surface area contributed by atoms with Gasteiger partial charge in [-0.1, -0.05) is 19.4 Å². The van der Waals surface area contributed by atoms with Crippen molar-refractivity contribution < 1.29 is 14.6 Å². The summed E-state index contributed by atoms with van der Waals surface area (Å²) in [6.45, 7) is 12.6. The molecule has 0 bridgehead atoms. The number of fused-ring (bicyclic) bond motifs is 1. The largest absolute Gasteiger partial charge is 0.454 e. The molecule has 2 heterocycles. The monoisotopic (exact) mass is 441 g/mol. The van der Waals surface area contributed by atoms with Crippen LogP contribution >= 0.6 is 0 Å². The third kappa shape index (κ3) is 5.46. The lowest BCUT2D eigenvalue weighted by atomic mass is 9.80. The number of aryl methyl sites for hydroxylation is 2. The van der Waals surface area contributed by atoms with E-state index in [-0.39, 0.29) is 0 Å². The maximum Gasteiger partial charge on any atom is 0.231 e. The van der Waals surface area contributed by atoms with Gasteiger partial charge in [0.25, 0.3) is 0 Å². The van der Waals surface area contributed by atoms with Crippen LogP contribution in [0.1, 0.15) is 75.1 Å². The van der Waals surface area contributed by atoms with Gasteiger partial charge in [0.2, 0.25) is 6.79 Å². The van der Waals surface area contributed by atoms with Gasteiger partial charge in [-0.3, -0.25) is 4.90 Å². The van der Waals surface area contributed by atoms with E-state index in [1.54, 1.807) is 0 Å². The maximum atomic E-state index is 10.4. The van der Waals surface area contributed by atoms with Crippen LogP contribution in [0, 0.1) is 19.8 Å². The van der Waals surface area contributed by atoms with Crippen molar-refractivity contribution in [3.05, 3.63) is 41.0 Å². The van der Waals surface area contributed by atoms with Crippen molar-refractivity contribution in [2.24, 2.45) is 5.92 Å². The van der Waals surface area contributed by atoms with Crippen molar-refractivity contribution in [1.82, 2.24) is 14.5 Å². The highest BCUT2D eigenvalue weighted by atomic mass is 16.7. The summed E-state index contributed by atoms with van der Waals surface area (Å²) in [7, 11) is 0. The Balaban J connectivity index is 1.53. The lowest BCUT2D eigenvalue weighted by Crippen LogP contribution is -2.36. The van der Waals surface area contributed by atoms with Crippen LogP contribution in [0.25, 0.3) is 0 Å². The second-order valence-corrected chi connectivity index (χ2v) is 9.99. The van der Waals surface area contributed by atoms with Crippen LogP contribution in [-0.4, -0.2) is 38.5 Å². The predicted octanol–water partition coefficient (Wildman–Crippen LogP) is 4.97. The van der Waals surface area contributed by atoms with Gasteiger partial charge in [-0.2, -0.15) is 0 Å². The summed E-state index contributed by atoms with van der Waals surface area (Å²) in [5.41, 5.74) is 3.22. The topological polar surface area (TPSA) is 59.8 Å². The van der Waals surface area contributed by atoms with Crippen molar-refractivity contribution in [3.8, 4) is 11.5 Å². The third-order valence-electron chi connectivity index (χ3n) is 7.11. The van der Waals surface area contributed by atoms with Crippen molar-refractivity contribution in [3.63, 3.8) is 0 Å². The van der Waals surface area contributed by atoms with Crippen LogP contribution in [0.3, 0.4) is 0 Å². The zero-order valence-electron chi connectivity index (χ0n) is 20.2. The molecule has 0 amide bonds. The number of imidazole rings is 1. The molecule has 176 valence electrons. The Kier molecular flexibility index (Phi) is 7.11. The van der Waals surface area contributed by atoms with Gasteiger partial charge in [0.1, 0.15) is 5.82 Å². The first-order valence-corrected chi connectivity index (χ1v) is 12.2. The fraction of sp³-hybridized carbons (Fsp3) is 0.654. The SMILES string of the molecule is CCCCn1c(C)nc(C)c1CN(Cc1ccc2c(c1)OCO2)CC1CCC(C)(O)CC1. The number of benzene rings is 1. The number of aliphatic hydroxyl groups is 1. The van der Waals surface area contributed by atoms with E-state index in [9.17, 15) is 5.11 Å². The molecule has 2 aromatic rings. The Morgan fingerprint density at radius 1 is 1.16 bits per heavy atom. The molecule has 1 saturated carbocycles. The Hall–Kier alpha value is -2.05. The summed E-state index contributed by atoms with van der Waals surface area (Å²) in [6.07, 6.45) is 6.29. The highest BCUT2D eigenvalue weighted by Crippen LogP contribution is 2.35. The lowest BCUT2D eigenvalue weighted by Gasteiger charge is -2.36. The van der Waals surface area contributed by atoms with Gasteiger partial charge >= 0.3 is 0 Å². The van der Waals surface area contributed by atoms with Crippen molar-refractivity contribution in [2.75, 3.05) is 13.3 Å². The minimum Gasteiger partial charge on any atom is -0.454 e. The zero-order valence-corrected chi connectivity index (χ0v) is 20.2. The van der Waals surface area contributed by atoms with Gasteiger partial charge in [-0.15, -0.1) is 0 Å². The van der Waals surface area contributed by atoms with Crippen LogP contribution in [0.5, 0.6) is 11.5 Å². The first kappa shape index (κ1) is 23.1. The second kappa shape index (κ2) is 9.84. The molecule has 32 heavy (non-hydrogen) atoms. The smallest absolute Gasteiger partial charge is 0.231 e. The number of hydrogen-bond acceptors (Lipinski definition) is 5. The van der Waals surface area contributed by atoms with Crippen molar-refractivity contribution >= 4 is 0 Å². The summed E-state index contributed by atoms with van der Waals surface area (Å²) >= 11 is 0. The van der Waals surface area contributed by atoms with Crippen LogP contribution in [0.15, 0.2) is 18.2 Å². The molecule has 6 nitrogen and oxygen atoms in total. The van der Waals surface area contributed by atoms with Crippen LogP contribution in [0.2, 0.25) is 0 Å². The minimum absolute atomic E-state index is 0.305. The molecule has 1 aliphatic carbocycles. The van der Waals surface area contributed by atoms with E-state index in [0.717, 1.165) is 74.9 Å². The third-order valence-corrected chi connectivity index (χ3v) is 7.11. The Labute approximate surface area is 192 Å². The van der Waals surface area contributed by atoms with E-state index in [2.05, 4.69) is 42.4 Å². The van der Waals surface area contributed by atoms with Gasteiger partial charge in [0, 0.05) is 26.2 Å². The second-order valence-electron chi connectivity index (χ2n) is 9.99. The number of aromatic nitrogens is 2. The van der Waals surface area contributed by atoms with Gasteiger partial charge in [0.05, 0.1) is 17.0 Å². The maximum absolute atomic E-state index is 10.4. The van der Waals surface area contributed by atoms with Crippen LogP contribution in [-0.2, 0) is 19.6 Å². The first-order valence-electron chi connectivity index (χ1n) is 12.2. The summed E-state index contributed by atoms with van der Waals surface area (Å²) < 4.78 is 13.5. The number of rotatable bonds is 9. The highest BCUT2D eigenvalue weighted by Gasteiger charge is 2.30. The van der Waals surface area contributed by atoms with Gasteiger partial charge in [0.15, 0.2) is 11.5 Å². The summed E-state index contributed by atoms with van der Waals surface area (Å²) in [5, 5.41) is 10.4. The summed E-state index contributed by atoms with van der Waals surface area (Å²) in [5.74, 6) is 3.40. The quantitative estimate of drug-likeness (QED) is 0.595. The van der Waals surface area contributed by atoms with E-state index in [1.165, 1.54) is 24.1 Å². The summed E-state index contributed by atoms with van der Waals surface area (Å²) in [6, 6.07) is 6.29. The Morgan fingerprint density at radius 3 is 2.66 bits per heavy atom. The van der Waals surface area contributed by atoms with E-state index < -0.39 is 5.60 Å². The first-order chi connectivity index (χ1) is 15.3. The van der Waals surface area contributed by atoms with E-state index in [4.69, 9.17) is 14.5 Å². The molecule has 0 saturated heterocycles. The molecule has 1 aromatic carbocycles. The van der Waals surface area contributed by atoms with E-state index in [1.807, 2.05) is 13.0 Å². The number of ether oxygens (including phenoxy) is 2. The molecule has 1 aliphatic heterocycles. The minimum atomic E-state index is -0.495. The molecule has 0 unspecified atom stereocenters. The average molecular weight is 442 g/mol. The number of nitrogens with zero attached hydrogens (tertiary/aromatic N) is 3. The van der Waals surface area contributed by atoms with Gasteiger partial charge in [-0.05, 0) is 76.5 Å². The summed E-state index contributed by atoms with van der Waals surface area (Å²) in [4.78, 5) is 7.37. The molecule has 0 atom stereocenters. The van der Waals surface area contributed by atoms with Crippen molar-refractivity contribution in [1.29, 1.82) is 0 Å². The molecule has 4 rings (SSSR count). The van der Waals surface area contributed by atoms with Crippen LogP contribution < -0.4 is 9.47 Å². The zero-order chi connectivity index (χ0) is 22.7. The standard InChI is InChI=1S/C26H39N3O3/c1-5-6-13-29-20(3)27-19(2)23(29)17-28(15-21-9-11-26(4,30)12-10-21)16-22-7-8-24-25(14-22)32-18-31-24/h7-8,14,21,30H,5-6,9-13,15-18H2,1-4H3. The molecule has 1 N–H and O–H groups in total. The normalized spacial score (nSPS) is 22.6.